The van der Waals surface area contributed by atoms with Gasteiger partial charge in [0.15, 0.2) is 0 Å². The normalized spacial score (nSPS) is 12.8. The number of aromatic hydroxyl groups is 1. The Kier molecular flexibility index (Phi) is 4.36. The molecule has 1 amide bonds. The third kappa shape index (κ3) is 4.49. The Balaban J connectivity index is 2.77. The van der Waals surface area contributed by atoms with E-state index in [1.54, 1.807) is 0 Å². The summed E-state index contributed by atoms with van der Waals surface area (Å²) in [5.74, 6) is -3.95. The fourth-order valence-electron chi connectivity index (χ4n) is 1.31. The molecule has 1 unspecified atom stereocenters. The van der Waals surface area contributed by atoms with Crippen molar-refractivity contribution in [2.75, 3.05) is 0 Å². The van der Waals surface area contributed by atoms with Gasteiger partial charge in [0.25, 0.3) is 0 Å². The predicted octanol–water partition coefficient (Wildman–Crippen LogP) is 1.07. The standard InChI is InChI=1S/C11H10F3NO4/c12-11(13,14)10(19)15-8(9(17)18)5-6-1-3-7(16)4-2-6/h1-4,8,16H,5H2,(H,15,19)(H,17,18). The molecule has 0 heterocycles. The van der Waals surface area contributed by atoms with Gasteiger partial charge in [-0.2, -0.15) is 13.2 Å². The maximum absolute atomic E-state index is 12.0. The van der Waals surface area contributed by atoms with Crippen LogP contribution in [0, 0.1) is 0 Å². The number of hydrogen-bond acceptors (Lipinski definition) is 3. The lowest BCUT2D eigenvalue weighted by Gasteiger charge is -2.15. The minimum absolute atomic E-state index is 0.0602. The van der Waals surface area contributed by atoms with Gasteiger partial charge in [-0.15, -0.1) is 0 Å². The van der Waals surface area contributed by atoms with Crippen LogP contribution >= 0.6 is 0 Å². The number of phenolic OH excluding ortho intramolecular Hbond substituents is 1. The molecule has 19 heavy (non-hydrogen) atoms. The van der Waals surface area contributed by atoms with Crippen LogP contribution in [0.3, 0.4) is 0 Å². The van der Waals surface area contributed by atoms with Crippen LogP contribution in [0.25, 0.3) is 0 Å². The fourth-order valence-corrected chi connectivity index (χ4v) is 1.31. The number of carbonyl (C=O) groups excluding carboxylic acids is 1. The van der Waals surface area contributed by atoms with Gasteiger partial charge in [0, 0.05) is 6.42 Å². The molecule has 0 aliphatic rings. The van der Waals surface area contributed by atoms with E-state index in [0.717, 1.165) is 0 Å². The van der Waals surface area contributed by atoms with Crippen molar-refractivity contribution in [3.63, 3.8) is 0 Å². The van der Waals surface area contributed by atoms with E-state index in [9.17, 15) is 22.8 Å². The highest BCUT2D eigenvalue weighted by Crippen LogP contribution is 2.16. The van der Waals surface area contributed by atoms with Crippen LogP contribution in [0.5, 0.6) is 5.75 Å². The number of hydrogen-bond donors (Lipinski definition) is 3. The van der Waals surface area contributed by atoms with Crippen molar-refractivity contribution in [2.45, 2.75) is 18.6 Å². The summed E-state index contributed by atoms with van der Waals surface area (Å²) in [7, 11) is 0. The average Bonchev–Trinajstić information content (AvgIpc) is 2.29. The number of nitrogens with one attached hydrogen (secondary N) is 1. The average molecular weight is 277 g/mol. The van der Waals surface area contributed by atoms with E-state index in [2.05, 4.69) is 0 Å². The highest BCUT2D eigenvalue weighted by atomic mass is 19.4. The molecule has 0 saturated carbocycles. The number of halogens is 3. The number of alkyl halides is 3. The molecule has 0 spiro atoms. The Labute approximate surface area is 105 Å². The lowest BCUT2D eigenvalue weighted by Crippen LogP contribution is -2.47. The van der Waals surface area contributed by atoms with Gasteiger partial charge in [-0.05, 0) is 17.7 Å². The minimum atomic E-state index is -5.14. The Morgan fingerprint density at radius 1 is 1.21 bits per heavy atom. The van der Waals surface area contributed by atoms with E-state index in [4.69, 9.17) is 10.2 Å². The van der Waals surface area contributed by atoms with E-state index >= 15 is 0 Å². The first kappa shape index (κ1) is 14.8. The smallest absolute Gasteiger partial charge is 0.471 e. The Morgan fingerprint density at radius 3 is 2.16 bits per heavy atom. The largest absolute Gasteiger partial charge is 0.508 e. The van der Waals surface area contributed by atoms with Crippen molar-refractivity contribution in [2.24, 2.45) is 0 Å². The van der Waals surface area contributed by atoms with Crippen LogP contribution in [0.15, 0.2) is 24.3 Å². The van der Waals surface area contributed by atoms with Gasteiger partial charge in [0.1, 0.15) is 11.8 Å². The zero-order chi connectivity index (χ0) is 14.6. The molecule has 0 bridgehead atoms. The van der Waals surface area contributed by atoms with E-state index in [-0.39, 0.29) is 12.2 Å². The quantitative estimate of drug-likeness (QED) is 0.768. The zero-order valence-electron chi connectivity index (χ0n) is 9.44. The molecule has 1 atom stereocenters. The van der Waals surface area contributed by atoms with Crippen LogP contribution in [0.4, 0.5) is 13.2 Å². The molecular weight excluding hydrogens is 267 g/mol. The van der Waals surface area contributed by atoms with Crippen LogP contribution in [-0.4, -0.2) is 34.3 Å². The number of rotatable bonds is 4. The first-order valence-electron chi connectivity index (χ1n) is 5.08. The van der Waals surface area contributed by atoms with Gasteiger partial charge in [0.05, 0.1) is 0 Å². The molecule has 0 aliphatic heterocycles. The molecule has 0 fully saturated rings. The summed E-state index contributed by atoms with van der Waals surface area (Å²) < 4.78 is 36.1. The predicted molar refractivity (Wildman–Crippen MR) is 57.4 cm³/mol. The Morgan fingerprint density at radius 2 is 1.74 bits per heavy atom. The minimum Gasteiger partial charge on any atom is -0.508 e. The number of carbonyl (C=O) groups is 2. The summed E-state index contributed by atoms with van der Waals surface area (Å²) in [6.45, 7) is 0. The van der Waals surface area contributed by atoms with Gasteiger partial charge in [-0.1, -0.05) is 12.1 Å². The summed E-state index contributed by atoms with van der Waals surface area (Å²) >= 11 is 0. The molecule has 3 N–H and O–H groups in total. The molecule has 1 aromatic rings. The monoisotopic (exact) mass is 277 g/mol. The van der Waals surface area contributed by atoms with Crippen molar-refractivity contribution >= 4 is 11.9 Å². The van der Waals surface area contributed by atoms with E-state index in [0.29, 0.717) is 5.56 Å². The van der Waals surface area contributed by atoms with Crippen molar-refractivity contribution < 1.29 is 33.0 Å². The van der Waals surface area contributed by atoms with Crippen molar-refractivity contribution in [1.29, 1.82) is 0 Å². The van der Waals surface area contributed by atoms with Gasteiger partial charge in [-0.3, -0.25) is 4.79 Å². The van der Waals surface area contributed by atoms with Gasteiger partial charge < -0.3 is 15.5 Å². The molecule has 5 nitrogen and oxygen atoms in total. The Hall–Kier alpha value is -2.25. The number of amides is 1. The molecule has 0 aliphatic carbocycles. The fraction of sp³-hybridized carbons (Fsp3) is 0.273. The summed E-state index contributed by atoms with van der Waals surface area (Å²) in [5, 5.41) is 19.2. The van der Waals surface area contributed by atoms with Gasteiger partial charge in [0.2, 0.25) is 0 Å². The Bertz CT molecular complexity index is 470. The third-order valence-electron chi connectivity index (χ3n) is 2.24. The van der Waals surface area contributed by atoms with Crippen molar-refractivity contribution in [3.05, 3.63) is 29.8 Å². The molecule has 104 valence electrons. The third-order valence-corrected chi connectivity index (χ3v) is 2.24. The second-order valence-electron chi connectivity index (χ2n) is 3.73. The molecule has 1 aromatic carbocycles. The van der Waals surface area contributed by atoms with E-state index in [1.807, 2.05) is 0 Å². The molecule has 0 saturated heterocycles. The second-order valence-corrected chi connectivity index (χ2v) is 3.73. The van der Waals surface area contributed by atoms with Crippen LogP contribution < -0.4 is 5.32 Å². The molecule has 0 aromatic heterocycles. The molecule has 1 rings (SSSR count). The molecule has 8 heteroatoms. The summed E-state index contributed by atoms with van der Waals surface area (Å²) in [5.41, 5.74) is 0.368. The molecule has 0 radical (unpaired) electrons. The van der Waals surface area contributed by atoms with Crippen molar-refractivity contribution in [1.82, 2.24) is 5.32 Å². The van der Waals surface area contributed by atoms with Crippen LogP contribution in [0.1, 0.15) is 5.56 Å². The number of aliphatic carboxylic acids is 1. The molecular formula is C11H10F3NO4. The lowest BCUT2D eigenvalue weighted by atomic mass is 10.1. The number of carboxylic acids is 1. The van der Waals surface area contributed by atoms with Crippen molar-refractivity contribution in [3.8, 4) is 5.75 Å². The maximum atomic E-state index is 12.0. The maximum Gasteiger partial charge on any atom is 0.471 e. The van der Waals surface area contributed by atoms with Crippen LogP contribution in [0.2, 0.25) is 0 Å². The number of benzene rings is 1. The van der Waals surface area contributed by atoms with E-state index in [1.165, 1.54) is 29.6 Å². The number of phenols is 1. The topological polar surface area (TPSA) is 86.6 Å². The summed E-state index contributed by atoms with van der Waals surface area (Å²) in [4.78, 5) is 21.5. The summed E-state index contributed by atoms with van der Waals surface area (Å²) in [6.07, 6.45) is -5.46. The highest BCUT2D eigenvalue weighted by Gasteiger charge is 2.40. The lowest BCUT2D eigenvalue weighted by molar-refractivity contribution is -0.175. The van der Waals surface area contributed by atoms with E-state index < -0.39 is 24.1 Å². The zero-order valence-corrected chi connectivity index (χ0v) is 9.44. The van der Waals surface area contributed by atoms with Crippen LogP contribution in [-0.2, 0) is 16.0 Å². The van der Waals surface area contributed by atoms with Gasteiger partial charge >= 0.3 is 18.1 Å². The second kappa shape index (κ2) is 5.59. The SMILES string of the molecule is O=C(O)C(Cc1ccc(O)cc1)NC(=O)C(F)(F)F. The first-order valence-corrected chi connectivity index (χ1v) is 5.08. The summed E-state index contributed by atoms with van der Waals surface area (Å²) in [6, 6.07) is 3.54. The first-order chi connectivity index (χ1) is 8.70. The van der Waals surface area contributed by atoms with Gasteiger partial charge in [-0.25, -0.2) is 4.79 Å². The highest BCUT2D eigenvalue weighted by molar-refractivity contribution is 5.87. The number of carboxylic acid groups (broad SMARTS) is 1.